The van der Waals surface area contributed by atoms with Gasteiger partial charge in [0, 0.05) is 37.3 Å². The fourth-order valence-electron chi connectivity index (χ4n) is 3.21. The minimum Gasteiger partial charge on any atom is -0.346 e. The fraction of sp³-hybridized carbons (Fsp3) is 0.474. The van der Waals surface area contributed by atoms with Crippen molar-refractivity contribution in [3.05, 3.63) is 41.8 Å². The van der Waals surface area contributed by atoms with Gasteiger partial charge in [-0.15, -0.1) is 12.4 Å². The molecule has 1 saturated heterocycles. The van der Waals surface area contributed by atoms with Gasteiger partial charge in [-0.05, 0) is 50.4 Å². The lowest BCUT2D eigenvalue weighted by molar-refractivity contribution is -0.130. The Morgan fingerprint density at radius 3 is 2.96 bits per heavy atom. The normalized spacial score (nSPS) is 16.3. The van der Waals surface area contributed by atoms with Crippen molar-refractivity contribution in [3.63, 3.8) is 0 Å². The minimum atomic E-state index is -0.265. The van der Waals surface area contributed by atoms with E-state index in [9.17, 15) is 9.18 Å². The van der Waals surface area contributed by atoms with Crippen molar-refractivity contribution in [2.75, 3.05) is 20.1 Å². The summed E-state index contributed by atoms with van der Waals surface area (Å²) in [6.07, 6.45) is 4.52. The number of carbonyl (C=O) groups is 1. The Balaban J connectivity index is 0.00000243. The third kappa shape index (κ3) is 5.54. The number of halogens is 2. The first-order valence-corrected chi connectivity index (χ1v) is 8.89. The summed E-state index contributed by atoms with van der Waals surface area (Å²) < 4.78 is 13.3. The van der Waals surface area contributed by atoms with Crippen LogP contribution in [0.4, 0.5) is 4.39 Å². The minimum absolute atomic E-state index is 0. The van der Waals surface area contributed by atoms with Gasteiger partial charge < -0.3 is 10.2 Å². The maximum absolute atomic E-state index is 13.3. The highest BCUT2D eigenvalue weighted by atomic mass is 35.5. The van der Waals surface area contributed by atoms with E-state index in [1.807, 2.05) is 24.1 Å². The molecule has 3 rings (SSSR count). The van der Waals surface area contributed by atoms with Crippen LogP contribution in [0.15, 0.2) is 30.3 Å². The van der Waals surface area contributed by atoms with Crippen LogP contribution in [0.5, 0.6) is 0 Å². The molecule has 0 bridgehead atoms. The molecule has 0 radical (unpaired) electrons. The zero-order chi connectivity index (χ0) is 17.6. The van der Waals surface area contributed by atoms with E-state index in [1.165, 1.54) is 12.1 Å². The molecule has 5 nitrogen and oxygen atoms in total. The maximum atomic E-state index is 13.3. The number of hydrogen-bond acceptors (Lipinski definition) is 3. The molecule has 26 heavy (non-hydrogen) atoms. The smallest absolute Gasteiger partial charge is 0.223 e. The highest BCUT2D eigenvalue weighted by molar-refractivity contribution is 5.85. The standard InChI is InChI=1S/C19H25FN4O.ClH/c1-24(19(25)13-16-7-3-9-21-16)10-4-8-17-12-18(23-22-17)14-5-2-6-15(20)11-14;/h2,5-6,11-12,16,21H,3-4,7-10,13H2,1H3,(H,22,23);1H. The van der Waals surface area contributed by atoms with Crippen LogP contribution in [0, 0.1) is 5.82 Å². The van der Waals surface area contributed by atoms with E-state index in [2.05, 4.69) is 15.5 Å². The summed E-state index contributed by atoms with van der Waals surface area (Å²) in [6, 6.07) is 8.70. The molecule has 1 amide bonds. The number of carbonyl (C=O) groups excluding carboxylic acids is 1. The summed E-state index contributed by atoms with van der Waals surface area (Å²) in [7, 11) is 1.86. The first-order valence-electron chi connectivity index (χ1n) is 8.89. The Kier molecular flexibility index (Phi) is 7.60. The van der Waals surface area contributed by atoms with Crippen LogP contribution in [0.2, 0.25) is 0 Å². The van der Waals surface area contributed by atoms with Gasteiger partial charge in [0.05, 0.1) is 5.69 Å². The maximum Gasteiger partial charge on any atom is 0.223 e. The Labute approximate surface area is 159 Å². The fourth-order valence-corrected chi connectivity index (χ4v) is 3.21. The highest BCUT2D eigenvalue weighted by Crippen LogP contribution is 2.19. The molecule has 1 atom stereocenters. The molecule has 1 aliphatic heterocycles. The molecule has 2 heterocycles. The van der Waals surface area contributed by atoms with Gasteiger partial charge in [0.1, 0.15) is 5.82 Å². The van der Waals surface area contributed by atoms with Crippen molar-refractivity contribution >= 4 is 18.3 Å². The quantitative estimate of drug-likeness (QED) is 0.775. The Hall–Kier alpha value is -1.92. The average molecular weight is 381 g/mol. The molecule has 1 aliphatic rings. The Bertz CT molecular complexity index is 715. The van der Waals surface area contributed by atoms with Crippen LogP contribution in [-0.4, -0.2) is 47.2 Å². The second kappa shape index (κ2) is 9.69. The van der Waals surface area contributed by atoms with Crippen molar-refractivity contribution in [1.82, 2.24) is 20.4 Å². The number of rotatable bonds is 7. The Morgan fingerprint density at radius 2 is 2.23 bits per heavy atom. The van der Waals surface area contributed by atoms with Crippen molar-refractivity contribution in [3.8, 4) is 11.3 Å². The molecule has 2 aromatic rings. The van der Waals surface area contributed by atoms with Crippen LogP contribution in [0.3, 0.4) is 0 Å². The second-order valence-corrected chi connectivity index (χ2v) is 6.71. The van der Waals surface area contributed by atoms with Gasteiger partial charge >= 0.3 is 0 Å². The number of benzene rings is 1. The molecular weight excluding hydrogens is 355 g/mol. The van der Waals surface area contributed by atoms with Crippen LogP contribution < -0.4 is 5.32 Å². The number of amides is 1. The van der Waals surface area contributed by atoms with E-state index in [-0.39, 0.29) is 24.1 Å². The lowest BCUT2D eigenvalue weighted by Crippen LogP contribution is -2.34. The van der Waals surface area contributed by atoms with Crippen LogP contribution in [0.25, 0.3) is 11.3 Å². The van der Waals surface area contributed by atoms with Crippen LogP contribution >= 0.6 is 12.4 Å². The number of hydrogen-bond donors (Lipinski definition) is 2. The molecule has 2 N–H and O–H groups in total. The van der Waals surface area contributed by atoms with Gasteiger partial charge in [-0.2, -0.15) is 5.10 Å². The van der Waals surface area contributed by atoms with Gasteiger partial charge in [0.2, 0.25) is 5.91 Å². The van der Waals surface area contributed by atoms with E-state index in [4.69, 9.17) is 0 Å². The van der Waals surface area contributed by atoms with Gasteiger partial charge in [-0.3, -0.25) is 9.89 Å². The van der Waals surface area contributed by atoms with Crippen LogP contribution in [-0.2, 0) is 11.2 Å². The van der Waals surface area contributed by atoms with E-state index in [0.717, 1.165) is 55.7 Å². The summed E-state index contributed by atoms with van der Waals surface area (Å²) in [5, 5.41) is 10.6. The molecule has 7 heteroatoms. The number of aromatic nitrogens is 2. The molecule has 142 valence electrons. The molecule has 1 fully saturated rings. The van der Waals surface area contributed by atoms with E-state index in [1.54, 1.807) is 6.07 Å². The number of aryl methyl sites for hydroxylation is 1. The second-order valence-electron chi connectivity index (χ2n) is 6.71. The zero-order valence-electron chi connectivity index (χ0n) is 15.0. The molecule has 1 aromatic carbocycles. The summed E-state index contributed by atoms with van der Waals surface area (Å²) in [4.78, 5) is 14.0. The summed E-state index contributed by atoms with van der Waals surface area (Å²) >= 11 is 0. The highest BCUT2D eigenvalue weighted by Gasteiger charge is 2.19. The summed E-state index contributed by atoms with van der Waals surface area (Å²) in [5.74, 6) is -0.0663. The van der Waals surface area contributed by atoms with Gasteiger partial charge in [0.25, 0.3) is 0 Å². The lowest BCUT2D eigenvalue weighted by atomic mass is 10.1. The largest absolute Gasteiger partial charge is 0.346 e. The number of nitrogens with one attached hydrogen (secondary N) is 2. The molecular formula is C19H26ClFN4O. The van der Waals surface area contributed by atoms with Crippen molar-refractivity contribution in [1.29, 1.82) is 0 Å². The number of H-pyrrole nitrogens is 1. The van der Waals surface area contributed by atoms with Crippen molar-refractivity contribution in [2.45, 2.75) is 38.1 Å². The number of nitrogens with zero attached hydrogens (tertiary/aromatic N) is 2. The van der Waals surface area contributed by atoms with E-state index < -0.39 is 0 Å². The summed E-state index contributed by atoms with van der Waals surface area (Å²) in [6.45, 7) is 1.75. The average Bonchev–Trinajstić information content (AvgIpc) is 3.26. The molecule has 0 spiro atoms. The van der Waals surface area contributed by atoms with Gasteiger partial charge in [-0.1, -0.05) is 12.1 Å². The molecule has 0 saturated carbocycles. The zero-order valence-corrected chi connectivity index (χ0v) is 15.8. The molecule has 1 unspecified atom stereocenters. The number of aromatic amines is 1. The topological polar surface area (TPSA) is 61.0 Å². The third-order valence-electron chi connectivity index (χ3n) is 4.70. The molecule has 0 aliphatic carbocycles. The SMILES string of the molecule is CN(CCCc1cc(-c2cccc(F)c2)n[nH]1)C(=O)CC1CCCN1.Cl. The summed E-state index contributed by atoms with van der Waals surface area (Å²) in [5.41, 5.74) is 2.50. The van der Waals surface area contributed by atoms with Crippen molar-refractivity contribution in [2.24, 2.45) is 0 Å². The predicted molar refractivity (Wildman–Crippen MR) is 103 cm³/mol. The lowest BCUT2D eigenvalue weighted by Gasteiger charge is -2.19. The Morgan fingerprint density at radius 1 is 1.38 bits per heavy atom. The van der Waals surface area contributed by atoms with E-state index in [0.29, 0.717) is 12.5 Å². The van der Waals surface area contributed by atoms with Gasteiger partial charge in [-0.25, -0.2) is 4.39 Å². The monoisotopic (exact) mass is 380 g/mol. The van der Waals surface area contributed by atoms with Crippen molar-refractivity contribution < 1.29 is 9.18 Å². The van der Waals surface area contributed by atoms with Gasteiger partial charge in [0.15, 0.2) is 0 Å². The third-order valence-corrected chi connectivity index (χ3v) is 4.70. The predicted octanol–water partition coefficient (Wildman–Crippen LogP) is 3.17. The first kappa shape index (κ1) is 20.4. The first-order chi connectivity index (χ1) is 12.1. The molecule has 1 aromatic heterocycles. The van der Waals surface area contributed by atoms with E-state index >= 15 is 0 Å². The van der Waals surface area contributed by atoms with Crippen LogP contribution in [0.1, 0.15) is 31.4 Å².